The van der Waals surface area contributed by atoms with Gasteiger partial charge in [0.15, 0.2) is 0 Å². The Hall–Kier alpha value is -1.38. The third kappa shape index (κ3) is 1.79. The Morgan fingerprint density at radius 3 is 2.65 bits per heavy atom. The maximum atomic E-state index is 12.3. The lowest BCUT2D eigenvalue weighted by molar-refractivity contribution is -0.0247. The Morgan fingerprint density at radius 1 is 1.35 bits per heavy atom. The summed E-state index contributed by atoms with van der Waals surface area (Å²) < 4.78 is 5.82. The van der Waals surface area contributed by atoms with Gasteiger partial charge in [-0.3, -0.25) is 0 Å². The molecule has 1 aromatic rings. The highest BCUT2D eigenvalue weighted by Crippen LogP contribution is 2.66. The van der Waals surface area contributed by atoms with Gasteiger partial charge in [0.1, 0.15) is 11.8 Å². The summed E-state index contributed by atoms with van der Waals surface area (Å²) in [6, 6.07) is 5.47. The molecule has 3 atom stereocenters. The van der Waals surface area contributed by atoms with Crippen molar-refractivity contribution in [3.8, 4) is 0 Å². The Bertz CT molecular complexity index is 552. The van der Waals surface area contributed by atoms with Gasteiger partial charge < -0.3 is 4.74 Å². The van der Waals surface area contributed by atoms with E-state index in [1.54, 1.807) is 6.07 Å². The molecule has 3 unspecified atom stereocenters. The second-order valence-electron chi connectivity index (χ2n) is 7.17. The van der Waals surface area contributed by atoms with E-state index in [9.17, 15) is 4.79 Å². The average molecular weight is 273 g/mol. The van der Waals surface area contributed by atoms with E-state index in [1.165, 1.54) is 6.42 Å². The summed E-state index contributed by atoms with van der Waals surface area (Å²) in [5, 5.41) is 0. The molecule has 20 heavy (non-hydrogen) atoms. The van der Waals surface area contributed by atoms with Crippen molar-refractivity contribution in [1.82, 2.24) is 4.98 Å². The Balaban J connectivity index is 1.78. The van der Waals surface area contributed by atoms with Gasteiger partial charge in [-0.1, -0.05) is 26.8 Å². The van der Waals surface area contributed by atoms with Crippen molar-refractivity contribution >= 4 is 5.97 Å². The van der Waals surface area contributed by atoms with E-state index in [0.717, 1.165) is 18.5 Å². The first-order valence-corrected chi connectivity index (χ1v) is 7.49. The van der Waals surface area contributed by atoms with Crippen molar-refractivity contribution in [2.75, 3.05) is 0 Å². The normalized spacial score (nSPS) is 34.2. The molecule has 1 aromatic heterocycles. The number of fused-ring (bicyclic) bond motifs is 2. The summed E-state index contributed by atoms with van der Waals surface area (Å²) in [6.45, 7) is 8.81. The van der Waals surface area contributed by atoms with Gasteiger partial charge in [-0.05, 0) is 49.7 Å². The first-order chi connectivity index (χ1) is 9.34. The summed E-state index contributed by atoms with van der Waals surface area (Å²) in [6.07, 6.45) is 3.46. The number of rotatable bonds is 2. The molecule has 3 rings (SSSR count). The summed E-state index contributed by atoms with van der Waals surface area (Å²) in [5.74, 6) is 0.402. The number of aryl methyl sites for hydroxylation is 1. The quantitative estimate of drug-likeness (QED) is 0.770. The smallest absolute Gasteiger partial charge is 0.357 e. The van der Waals surface area contributed by atoms with E-state index in [4.69, 9.17) is 4.74 Å². The third-order valence-electron chi connectivity index (χ3n) is 6.06. The van der Waals surface area contributed by atoms with Crippen LogP contribution in [0.5, 0.6) is 0 Å². The van der Waals surface area contributed by atoms with Crippen molar-refractivity contribution in [3.05, 3.63) is 29.6 Å². The standard InChI is InChI=1S/C17H23NO2/c1-11-6-5-7-13(18-11)15(19)20-14-10-12-8-9-17(14,4)16(12,2)3/h5-7,12,14H,8-10H2,1-4H3. The van der Waals surface area contributed by atoms with Crippen molar-refractivity contribution in [3.63, 3.8) is 0 Å². The number of carbonyl (C=O) groups excluding carboxylic acids is 1. The minimum Gasteiger partial charge on any atom is -0.457 e. The van der Waals surface area contributed by atoms with E-state index in [-0.39, 0.29) is 22.9 Å². The topological polar surface area (TPSA) is 39.2 Å². The van der Waals surface area contributed by atoms with E-state index in [2.05, 4.69) is 25.8 Å². The zero-order valence-electron chi connectivity index (χ0n) is 12.8. The van der Waals surface area contributed by atoms with Crippen LogP contribution in [0, 0.1) is 23.7 Å². The van der Waals surface area contributed by atoms with Crippen molar-refractivity contribution in [2.24, 2.45) is 16.7 Å². The predicted molar refractivity (Wildman–Crippen MR) is 77.4 cm³/mol. The van der Waals surface area contributed by atoms with Crippen LogP contribution in [-0.4, -0.2) is 17.1 Å². The molecule has 108 valence electrons. The fourth-order valence-electron chi connectivity index (χ4n) is 4.15. The highest BCUT2D eigenvalue weighted by atomic mass is 16.5. The van der Waals surface area contributed by atoms with Crippen LogP contribution in [0.1, 0.15) is 56.2 Å². The first kappa shape index (κ1) is 13.6. The lowest BCUT2D eigenvalue weighted by Gasteiger charge is -2.38. The van der Waals surface area contributed by atoms with Gasteiger partial charge in [0.25, 0.3) is 0 Å². The van der Waals surface area contributed by atoms with Gasteiger partial charge in [0.2, 0.25) is 0 Å². The maximum Gasteiger partial charge on any atom is 0.357 e. The minimum absolute atomic E-state index is 0.0334. The summed E-state index contributed by atoms with van der Waals surface area (Å²) >= 11 is 0. The molecule has 0 radical (unpaired) electrons. The molecule has 2 fully saturated rings. The van der Waals surface area contributed by atoms with Crippen LogP contribution in [0.4, 0.5) is 0 Å². The van der Waals surface area contributed by atoms with E-state index in [0.29, 0.717) is 11.6 Å². The molecule has 3 heteroatoms. The first-order valence-electron chi connectivity index (χ1n) is 7.49. The van der Waals surface area contributed by atoms with Gasteiger partial charge in [-0.15, -0.1) is 0 Å². The number of pyridine rings is 1. The van der Waals surface area contributed by atoms with Crippen LogP contribution in [0.15, 0.2) is 18.2 Å². The lowest BCUT2D eigenvalue weighted by Crippen LogP contribution is -2.38. The molecule has 0 N–H and O–H groups in total. The van der Waals surface area contributed by atoms with Crippen molar-refractivity contribution < 1.29 is 9.53 Å². The number of esters is 1. The predicted octanol–water partition coefficient (Wildman–Crippen LogP) is 3.76. The SMILES string of the molecule is Cc1cccc(C(=O)OC2CC3CCC2(C)C3(C)C)n1. The van der Waals surface area contributed by atoms with Gasteiger partial charge in [0.05, 0.1) is 0 Å². The molecule has 2 aliphatic rings. The van der Waals surface area contributed by atoms with Gasteiger partial charge in [-0.2, -0.15) is 0 Å². The summed E-state index contributed by atoms with van der Waals surface area (Å²) in [7, 11) is 0. The number of hydrogen-bond acceptors (Lipinski definition) is 3. The number of aromatic nitrogens is 1. The molecule has 0 aromatic carbocycles. The monoisotopic (exact) mass is 273 g/mol. The molecule has 2 bridgehead atoms. The van der Waals surface area contributed by atoms with E-state index in [1.807, 2.05) is 19.1 Å². The highest BCUT2D eigenvalue weighted by Gasteiger charge is 2.62. The van der Waals surface area contributed by atoms with E-state index < -0.39 is 0 Å². The molecule has 2 saturated carbocycles. The Morgan fingerprint density at radius 2 is 2.10 bits per heavy atom. The fraction of sp³-hybridized carbons (Fsp3) is 0.647. The maximum absolute atomic E-state index is 12.3. The highest BCUT2D eigenvalue weighted by molar-refractivity contribution is 5.87. The lowest BCUT2D eigenvalue weighted by atomic mass is 9.70. The Labute approximate surface area is 120 Å². The number of nitrogens with zero attached hydrogens (tertiary/aromatic N) is 1. The van der Waals surface area contributed by atoms with Crippen LogP contribution in [-0.2, 0) is 4.74 Å². The fourth-order valence-corrected chi connectivity index (χ4v) is 4.15. The van der Waals surface area contributed by atoms with Crippen LogP contribution in [0.25, 0.3) is 0 Å². The average Bonchev–Trinajstić information content (AvgIpc) is 2.72. The zero-order chi connectivity index (χ0) is 14.5. The van der Waals surface area contributed by atoms with Gasteiger partial charge in [-0.25, -0.2) is 9.78 Å². The van der Waals surface area contributed by atoms with Crippen LogP contribution in [0.2, 0.25) is 0 Å². The molecular formula is C17H23NO2. The van der Waals surface area contributed by atoms with E-state index >= 15 is 0 Å². The number of hydrogen-bond donors (Lipinski definition) is 0. The molecule has 2 aliphatic carbocycles. The molecule has 0 spiro atoms. The molecule has 0 saturated heterocycles. The molecule has 0 aliphatic heterocycles. The number of ether oxygens (including phenoxy) is 1. The second kappa shape index (κ2) is 4.31. The largest absolute Gasteiger partial charge is 0.457 e. The zero-order valence-corrected chi connectivity index (χ0v) is 12.8. The van der Waals surface area contributed by atoms with Gasteiger partial charge >= 0.3 is 5.97 Å². The molecule has 0 amide bonds. The minimum atomic E-state index is -0.275. The Kier molecular flexibility index (Phi) is 2.93. The molecule has 1 heterocycles. The van der Waals surface area contributed by atoms with Crippen LogP contribution >= 0.6 is 0 Å². The molecular weight excluding hydrogens is 250 g/mol. The number of carbonyl (C=O) groups is 1. The molecule has 3 nitrogen and oxygen atoms in total. The van der Waals surface area contributed by atoms with Crippen molar-refractivity contribution in [1.29, 1.82) is 0 Å². The van der Waals surface area contributed by atoms with Gasteiger partial charge in [0, 0.05) is 11.1 Å². The van der Waals surface area contributed by atoms with Crippen molar-refractivity contribution in [2.45, 2.75) is 53.1 Å². The third-order valence-corrected chi connectivity index (χ3v) is 6.06. The second-order valence-corrected chi connectivity index (χ2v) is 7.17. The van der Waals surface area contributed by atoms with Crippen LogP contribution in [0.3, 0.4) is 0 Å². The summed E-state index contributed by atoms with van der Waals surface area (Å²) in [4.78, 5) is 16.6. The van der Waals surface area contributed by atoms with Crippen LogP contribution < -0.4 is 0 Å². The summed E-state index contributed by atoms with van der Waals surface area (Å²) in [5.41, 5.74) is 1.64.